The first-order chi connectivity index (χ1) is 13.7. The molecule has 9 atom stereocenters. The third-order valence-electron chi connectivity index (χ3n) is 10.7. The van der Waals surface area contributed by atoms with Gasteiger partial charge in [-0.2, -0.15) is 0 Å². The second-order valence-corrected chi connectivity index (χ2v) is 12.2. The van der Waals surface area contributed by atoms with E-state index in [0.29, 0.717) is 16.7 Å². The molecule has 1 nitrogen and oxygen atoms in total. The lowest BCUT2D eigenvalue weighted by Gasteiger charge is -2.58. The minimum atomic E-state index is -0.0852. The van der Waals surface area contributed by atoms with Gasteiger partial charge in [0.2, 0.25) is 0 Å². The maximum absolute atomic E-state index is 10.2. The smallest absolute Gasteiger partial charge is 0.0577 e. The normalized spacial score (nSPS) is 46.1. The van der Waals surface area contributed by atoms with E-state index in [1.54, 1.807) is 5.57 Å². The molecule has 0 spiro atoms. The standard InChI is InChI=1S/C28H46O/c1-18(2)19(3)7-8-20(4)24-11-12-25-23-10-9-21-17-22(29)13-15-27(21,5)26(23)14-16-28(24,25)6/h9,19-20,22-26,29H,1,7-8,10-17H2,2-6H3/t19-,20+,22-,23-,24+,25-,26-,27-,28+/m0/s1/i2+1. The van der Waals surface area contributed by atoms with Gasteiger partial charge >= 0.3 is 0 Å². The van der Waals surface area contributed by atoms with Gasteiger partial charge in [0.15, 0.2) is 0 Å². The summed E-state index contributed by atoms with van der Waals surface area (Å²) in [5.74, 6) is 5.11. The van der Waals surface area contributed by atoms with Gasteiger partial charge in [-0.3, -0.25) is 0 Å². The summed E-state index contributed by atoms with van der Waals surface area (Å²) in [6.07, 6.45) is 15.4. The summed E-state index contributed by atoms with van der Waals surface area (Å²) < 4.78 is 0. The van der Waals surface area contributed by atoms with Gasteiger partial charge in [-0.1, -0.05) is 51.5 Å². The topological polar surface area (TPSA) is 20.2 Å². The highest BCUT2D eigenvalue weighted by Crippen LogP contribution is 2.67. The van der Waals surface area contributed by atoms with Crippen LogP contribution in [0.3, 0.4) is 0 Å². The molecule has 4 rings (SSSR count). The van der Waals surface area contributed by atoms with Crippen molar-refractivity contribution in [2.45, 2.75) is 105 Å². The molecule has 1 N–H and O–H groups in total. The summed E-state index contributed by atoms with van der Waals surface area (Å²) in [7, 11) is 0. The van der Waals surface area contributed by atoms with E-state index in [-0.39, 0.29) is 6.10 Å². The van der Waals surface area contributed by atoms with Crippen molar-refractivity contribution >= 4 is 0 Å². The fraction of sp³-hybridized carbons (Fsp3) is 0.857. The third-order valence-corrected chi connectivity index (χ3v) is 10.7. The van der Waals surface area contributed by atoms with Crippen molar-refractivity contribution in [3.05, 3.63) is 23.8 Å². The Morgan fingerprint density at radius 1 is 1.10 bits per heavy atom. The van der Waals surface area contributed by atoms with Gasteiger partial charge in [0, 0.05) is 0 Å². The van der Waals surface area contributed by atoms with Crippen LogP contribution < -0.4 is 0 Å². The maximum Gasteiger partial charge on any atom is 0.0577 e. The molecule has 29 heavy (non-hydrogen) atoms. The number of hydrogen-bond donors (Lipinski definition) is 1. The lowest BCUT2D eigenvalue weighted by Crippen LogP contribution is -2.50. The Morgan fingerprint density at radius 2 is 1.86 bits per heavy atom. The first kappa shape index (κ1) is 21.7. The number of fused-ring (bicyclic) bond motifs is 5. The van der Waals surface area contributed by atoms with Gasteiger partial charge in [-0.15, -0.1) is 0 Å². The number of aliphatic hydroxyl groups excluding tert-OH is 1. The van der Waals surface area contributed by atoms with E-state index in [1.807, 2.05) is 0 Å². The van der Waals surface area contributed by atoms with Crippen molar-refractivity contribution in [2.75, 3.05) is 0 Å². The summed E-state index contributed by atoms with van der Waals surface area (Å²) in [6.45, 7) is 16.5. The average molecular weight is 400 g/mol. The monoisotopic (exact) mass is 399 g/mol. The Hall–Kier alpha value is -0.560. The first-order valence-corrected chi connectivity index (χ1v) is 12.7. The van der Waals surface area contributed by atoms with Crippen LogP contribution in [0.1, 0.15) is 98.8 Å². The third kappa shape index (κ3) is 3.58. The van der Waals surface area contributed by atoms with Gasteiger partial charge in [-0.05, 0) is 117 Å². The molecular weight excluding hydrogens is 353 g/mol. The maximum atomic E-state index is 10.2. The summed E-state index contributed by atoms with van der Waals surface area (Å²) in [5.41, 5.74) is 3.90. The van der Waals surface area contributed by atoms with Crippen LogP contribution in [0.25, 0.3) is 0 Å². The number of aliphatic hydroxyl groups is 1. The lowest BCUT2D eigenvalue weighted by atomic mass is 9.47. The quantitative estimate of drug-likeness (QED) is 0.373. The summed E-state index contributed by atoms with van der Waals surface area (Å²) in [6, 6.07) is 0. The van der Waals surface area contributed by atoms with Crippen LogP contribution in [-0.2, 0) is 0 Å². The molecule has 0 amide bonds. The van der Waals surface area contributed by atoms with E-state index in [4.69, 9.17) is 0 Å². The van der Waals surface area contributed by atoms with Gasteiger partial charge in [0.05, 0.1) is 6.10 Å². The number of rotatable bonds is 5. The molecule has 0 aromatic rings. The second-order valence-electron chi connectivity index (χ2n) is 12.2. The number of hydrogen-bond acceptors (Lipinski definition) is 1. The molecule has 0 unspecified atom stereocenters. The average Bonchev–Trinajstić information content (AvgIpc) is 3.03. The van der Waals surface area contributed by atoms with Gasteiger partial charge < -0.3 is 5.11 Å². The van der Waals surface area contributed by atoms with Crippen molar-refractivity contribution in [1.29, 1.82) is 0 Å². The fourth-order valence-electron chi connectivity index (χ4n) is 8.58. The van der Waals surface area contributed by atoms with E-state index in [1.165, 1.54) is 56.9 Å². The fourth-order valence-corrected chi connectivity index (χ4v) is 8.58. The van der Waals surface area contributed by atoms with E-state index in [9.17, 15) is 5.11 Å². The van der Waals surface area contributed by atoms with Gasteiger partial charge in [-0.25, -0.2) is 0 Å². The Bertz CT molecular complexity index is 661. The predicted octanol–water partition coefficient (Wildman–Crippen LogP) is 7.55. The van der Waals surface area contributed by atoms with Crippen LogP contribution in [-0.4, -0.2) is 11.2 Å². The van der Waals surface area contributed by atoms with Gasteiger partial charge in [0.1, 0.15) is 0 Å². The molecule has 4 aliphatic carbocycles. The summed E-state index contributed by atoms with van der Waals surface area (Å²) >= 11 is 0. The lowest BCUT2D eigenvalue weighted by molar-refractivity contribution is -0.0573. The highest BCUT2D eigenvalue weighted by Gasteiger charge is 2.59. The zero-order valence-corrected chi connectivity index (χ0v) is 19.8. The van der Waals surface area contributed by atoms with Crippen LogP contribution >= 0.6 is 0 Å². The van der Waals surface area contributed by atoms with Crippen molar-refractivity contribution in [2.24, 2.45) is 46.3 Å². The van der Waals surface area contributed by atoms with Crippen molar-refractivity contribution in [3.63, 3.8) is 0 Å². The molecule has 0 bridgehead atoms. The molecule has 0 aromatic heterocycles. The highest BCUT2D eigenvalue weighted by molar-refractivity contribution is 5.25. The van der Waals surface area contributed by atoms with Crippen LogP contribution in [0.4, 0.5) is 0 Å². The zero-order valence-electron chi connectivity index (χ0n) is 19.8. The zero-order chi connectivity index (χ0) is 21.0. The first-order valence-electron chi connectivity index (χ1n) is 12.7. The van der Waals surface area contributed by atoms with Crippen molar-refractivity contribution in [3.8, 4) is 0 Å². The number of allylic oxidation sites excluding steroid dienone is 2. The Balaban J connectivity index is 1.49. The molecular formula is C28H46O. The Morgan fingerprint density at radius 3 is 2.59 bits per heavy atom. The van der Waals surface area contributed by atoms with E-state index >= 15 is 0 Å². The molecule has 0 aromatic carbocycles. The van der Waals surface area contributed by atoms with Crippen LogP contribution in [0.2, 0.25) is 0 Å². The highest BCUT2D eigenvalue weighted by atomic mass is 16.3. The van der Waals surface area contributed by atoms with Crippen LogP contribution in [0.5, 0.6) is 0 Å². The SMILES string of the molecule is C=C([13CH3])[C@@H](C)CC[C@@H](C)[C@H]1CC[C@H]2[C@@H]3CC=C4C[C@@H](O)CC[C@]4(C)[C@H]3CC[C@]12C. The van der Waals surface area contributed by atoms with Crippen molar-refractivity contribution in [1.82, 2.24) is 0 Å². The summed E-state index contributed by atoms with van der Waals surface area (Å²) in [4.78, 5) is 0. The molecule has 0 heterocycles. The van der Waals surface area contributed by atoms with Crippen LogP contribution in [0.15, 0.2) is 23.8 Å². The molecule has 3 fully saturated rings. The largest absolute Gasteiger partial charge is 0.393 e. The summed E-state index contributed by atoms with van der Waals surface area (Å²) in [5, 5.41) is 10.2. The molecule has 0 aliphatic heterocycles. The minimum absolute atomic E-state index is 0.0852. The van der Waals surface area contributed by atoms with E-state index < -0.39 is 0 Å². The minimum Gasteiger partial charge on any atom is -0.393 e. The molecule has 164 valence electrons. The molecule has 0 radical (unpaired) electrons. The van der Waals surface area contributed by atoms with Crippen LogP contribution in [0, 0.1) is 46.3 Å². The Kier molecular flexibility index (Phi) is 5.86. The Labute approximate surface area is 180 Å². The van der Waals surface area contributed by atoms with Crippen molar-refractivity contribution < 1.29 is 5.11 Å². The molecule has 3 saturated carbocycles. The predicted molar refractivity (Wildman–Crippen MR) is 124 cm³/mol. The van der Waals surface area contributed by atoms with E-state index in [2.05, 4.69) is 47.3 Å². The molecule has 4 aliphatic rings. The van der Waals surface area contributed by atoms with E-state index in [0.717, 1.165) is 42.4 Å². The van der Waals surface area contributed by atoms with Gasteiger partial charge in [0.25, 0.3) is 0 Å². The second kappa shape index (κ2) is 7.85. The molecule has 1 heteroatoms. The molecule has 0 saturated heterocycles.